The number of alkyl halides is 1. The topological polar surface area (TPSA) is 53.5 Å². The zero-order valence-electron chi connectivity index (χ0n) is 15.8. The normalized spacial score (nSPS) is 31.9. The zero-order valence-corrected chi connectivity index (χ0v) is 18.7. The maximum atomic E-state index is 10.1. The molecular weight excluding hydrogens is 471 g/mol. The molecule has 2 aromatic carbocycles. The minimum Gasteiger partial charge on any atom is -0.508 e. The Morgan fingerprint density at radius 2 is 1.89 bits per heavy atom. The number of ether oxygens (including phenoxy) is 1. The largest absolute Gasteiger partial charge is 0.508 e. The predicted octanol–water partition coefficient (Wildman–Crippen LogP) is 4.88. The van der Waals surface area contributed by atoms with Crippen LogP contribution in [0.3, 0.4) is 0 Å². The number of hydrogen-bond donors (Lipinski definition) is 3. The Morgan fingerprint density at radius 1 is 1.15 bits per heavy atom. The molecule has 27 heavy (non-hydrogen) atoms. The first-order valence-electron chi connectivity index (χ1n) is 9.12. The van der Waals surface area contributed by atoms with E-state index in [1.54, 1.807) is 23.9 Å². The van der Waals surface area contributed by atoms with Gasteiger partial charge in [0.05, 0.1) is 5.54 Å². The van der Waals surface area contributed by atoms with Crippen molar-refractivity contribution in [3.05, 3.63) is 59.7 Å². The molecule has 144 valence electrons. The Bertz CT molecular complexity index is 847. The van der Waals surface area contributed by atoms with Crippen LogP contribution in [0.4, 0.5) is 0 Å². The fourth-order valence-corrected chi connectivity index (χ4v) is 6.41. The SMILES string of the molecule is CS[C@]1(I)NC(C)(C)C[C@@]2(C[C@H](c3ccccc3)Oc3cc(O)ccc32)N1. The van der Waals surface area contributed by atoms with Gasteiger partial charge >= 0.3 is 0 Å². The molecule has 0 saturated carbocycles. The van der Waals surface area contributed by atoms with E-state index >= 15 is 0 Å². The Balaban J connectivity index is 1.85. The number of fused-ring (bicyclic) bond motifs is 2. The molecule has 3 atom stereocenters. The monoisotopic (exact) mass is 496 g/mol. The Morgan fingerprint density at radius 3 is 2.59 bits per heavy atom. The van der Waals surface area contributed by atoms with Crippen molar-refractivity contribution >= 4 is 34.4 Å². The van der Waals surface area contributed by atoms with Crippen molar-refractivity contribution in [2.45, 2.75) is 46.9 Å². The second-order valence-corrected chi connectivity index (χ2v) is 11.5. The molecule has 2 heterocycles. The molecule has 0 aliphatic carbocycles. The van der Waals surface area contributed by atoms with Crippen LogP contribution in [-0.2, 0) is 5.54 Å². The number of phenolic OH excluding ortho intramolecular Hbond substituents is 1. The molecule has 2 aliphatic rings. The molecule has 4 nitrogen and oxygen atoms in total. The summed E-state index contributed by atoms with van der Waals surface area (Å²) < 4.78 is 6.08. The number of phenols is 1. The zero-order chi connectivity index (χ0) is 19.3. The van der Waals surface area contributed by atoms with Gasteiger partial charge in [-0.25, -0.2) is 0 Å². The van der Waals surface area contributed by atoms with E-state index in [0.717, 1.165) is 29.7 Å². The van der Waals surface area contributed by atoms with Gasteiger partial charge in [0.2, 0.25) is 0 Å². The number of hydrogen-bond acceptors (Lipinski definition) is 5. The van der Waals surface area contributed by atoms with E-state index < -0.39 is 0 Å². The van der Waals surface area contributed by atoms with Crippen molar-refractivity contribution in [1.82, 2.24) is 10.6 Å². The second-order valence-electron chi connectivity index (χ2n) is 8.09. The van der Waals surface area contributed by atoms with E-state index in [4.69, 9.17) is 4.74 Å². The number of halogens is 1. The van der Waals surface area contributed by atoms with Crippen LogP contribution in [0.1, 0.15) is 43.9 Å². The van der Waals surface area contributed by atoms with Gasteiger partial charge in [0.15, 0.2) is 3.00 Å². The van der Waals surface area contributed by atoms with E-state index in [9.17, 15) is 5.11 Å². The third-order valence-corrected chi connectivity index (χ3v) is 8.01. The van der Waals surface area contributed by atoms with Crippen LogP contribution >= 0.6 is 34.4 Å². The predicted molar refractivity (Wildman–Crippen MR) is 119 cm³/mol. The molecule has 1 fully saturated rings. The summed E-state index contributed by atoms with van der Waals surface area (Å²) in [6.07, 6.45) is 3.82. The van der Waals surface area contributed by atoms with E-state index in [1.165, 1.54) is 0 Å². The smallest absolute Gasteiger partial charge is 0.171 e. The number of thioether (sulfide) groups is 1. The molecule has 3 N–H and O–H groups in total. The summed E-state index contributed by atoms with van der Waals surface area (Å²) in [6, 6.07) is 15.9. The number of aromatic hydroxyl groups is 1. The lowest BCUT2D eigenvalue weighted by molar-refractivity contribution is 0.0488. The van der Waals surface area contributed by atoms with Gasteiger partial charge in [-0.15, -0.1) is 11.8 Å². The fourth-order valence-electron chi connectivity index (χ4n) is 4.48. The first-order chi connectivity index (χ1) is 12.7. The molecule has 1 spiro atoms. The maximum Gasteiger partial charge on any atom is 0.171 e. The van der Waals surface area contributed by atoms with E-state index in [-0.39, 0.29) is 25.9 Å². The second kappa shape index (κ2) is 6.83. The summed E-state index contributed by atoms with van der Waals surface area (Å²) in [5.41, 5.74) is 1.98. The molecule has 2 aromatic rings. The van der Waals surface area contributed by atoms with Crippen molar-refractivity contribution in [1.29, 1.82) is 0 Å². The third-order valence-electron chi connectivity index (χ3n) is 5.38. The van der Waals surface area contributed by atoms with Crippen LogP contribution in [0.5, 0.6) is 11.5 Å². The van der Waals surface area contributed by atoms with Crippen molar-refractivity contribution < 1.29 is 9.84 Å². The highest BCUT2D eigenvalue weighted by molar-refractivity contribution is 14.1. The average Bonchev–Trinajstić information content (AvgIpc) is 2.60. The summed E-state index contributed by atoms with van der Waals surface area (Å²) in [5.74, 6) is 0.997. The molecule has 0 bridgehead atoms. The lowest BCUT2D eigenvalue weighted by atomic mass is 9.72. The highest BCUT2D eigenvalue weighted by Crippen LogP contribution is 2.53. The van der Waals surface area contributed by atoms with Crippen molar-refractivity contribution in [2.75, 3.05) is 6.26 Å². The minimum absolute atomic E-state index is 0.0524. The Kier molecular flexibility index (Phi) is 4.90. The molecule has 0 radical (unpaired) electrons. The van der Waals surface area contributed by atoms with Crippen LogP contribution in [-0.4, -0.2) is 19.9 Å². The molecule has 0 amide bonds. The van der Waals surface area contributed by atoms with Crippen molar-refractivity contribution in [2.24, 2.45) is 0 Å². The lowest BCUT2D eigenvalue weighted by Gasteiger charge is -2.56. The molecule has 1 saturated heterocycles. The molecule has 4 rings (SSSR count). The van der Waals surface area contributed by atoms with Gasteiger partial charge in [0.1, 0.15) is 17.6 Å². The summed E-state index contributed by atoms with van der Waals surface area (Å²) in [5, 5.41) is 17.7. The molecule has 0 aromatic heterocycles. The minimum atomic E-state index is -0.284. The highest BCUT2D eigenvalue weighted by atomic mass is 127. The molecule has 6 heteroatoms. The van der Waals surface area contributed by atoms with Gasteiger partial charge in [0.25, 0.3) is 0 Å². The van der Waals surface area contributed by atoms with Gasteiger partial charge in [-0.3, -0.25) is 10.6 Å². The summed E-state index contributed by atoms with van der Waals surface area (Å²) in [7, 11) is 0. The molecular formula is C21H25IN2O2S. The van der Waals surface area contributed by atoms with Crippen LogP contribution in [0, 0.1) is 0 Å². The quantitative estimate of drug-likeness (QED) is 0.314. The van der Waals surface area contributed by atoms with Crippen molar-refractivity contribution in [3.63, 3.8) is 0 Å². The summed E-state index contributed by atoms with van der Waals surface area (Å²) in [4.78, 5) is 0. The van der Waals surface area contributed by atoms with E-state index in [1.807, 2.05) is 24.3 Å². The first-order valence-corrected chi connectivity index (χ1v) is 11.4. The summed E-state index contributed by atoms with van der Waals surface area (Å²) >= 11 is 4.24. The average molecular weight is 496 g/mol. The third kappa shape index (κ3) is 3.69. The summed E-state index contributed by atoms with van der Waals surface area (Å²) in [6.45, 7) is 4.51. The molecule has 0 unspecified atom stereocenters. The first kappa shape index (κ1) is 19.4. The highest BCUT2D eigenvalue weighted by Gasteiger charge is 2.53. The fraction of sp³-hybridized carbons (Fsp3) is 0.429. The van der Waals surface area contributed by atoms with Gasteiger partial charge in [0, 0.05) is 23.6 Å². The number of benzene rings is 2. The van der Waals surface area contributed by atoms with Gasteiger partial charge in [-0.1, -0.05) is 30.3 Å². The number of rotatable bonds is 2. The van der Waals surface area contributed by atoms with Gasteiger partial charge in [-0.2, -0.15) is 0 Å². The van der Waals surface area contributed by atoms with E-state index in [2.05, 4.69) is 65.5 Å². The maximum absolute atomic E-state index is 10.1. The van der Waals surface area contributed by atoms with Crippen LogP contribution in [0.15, 0.2) is 48.5 Å². The van der Waals surface area contributed by atoms with Crippen LogP contribution < -0.4 is 15.4 Å². The van der Waals surface area contributed by atoms with Crippen LogP contribution in [0.2, 0.25) is 0 Å². The number of nitrogens with one attached hydrogen (secondary N) is 2. The van der Waals surface area contributed by atoms with Crippen molar-refractivity contribution in [3.8, 4) is 11.5 Å². The Hall–Kier alpha value is -0.960. The molecule has 2 aliphatic heterocycles. The van der Waals surface area contributed by atoms with E-state index in [0.29, 0.717) is 0 Å². The van der Waals surface area contributed by atoms with Crippen LogP contribution in [0.25, 0.3) is 0 Å². The Labute approximate surface area is 178 Å². The standard InChI is InChI=1S/C21H25IN2O2S/c1-19(2)13-20(24-21(22,23-19)27-3)12-18(14-7-5-4-6-8-14)26-17-11-15(25)9-10-16(17)20/h4-11,18,23-25H,12-13H2,1-3H3/t18-,20-,21-/m1/s1. The van der Waals surface area contributed by atoms with Gasteiger partial charge in [-0.05, 0) is 66.8 Å². The lowest BCUT2D eigenvalue weighted by Crippen LogP contribution is -2.71. The van der Waals surface area contributed by atoms with Gasteiger partial charge < -0.3 is 9.84 Å².